The van der Waals surface area contributed by atoms with E-state index >= 15 is 0 Å². The SMILES string of the molecule is CC1Cc2nc(-c3ccc(Br)cc3)sc2C(C)C1. The van der Waals surface area contributed by atoms with E-state index in [1.54, 1.807) is 0 Å². The molecule has 2 unspecified atom stereocenters. The second-order valence-corrected chi connectivity index (χ2v) is 7.23. The second-order valence-electron chi connectivity index (χ2n) is 5.28. The first-order chi connectivity index (χ1) is 8.63. The lowest BCUT2D eigenvalue weighted by Crippen LogP contribution is -2.12. The summed E-state index contributed by atoms with van der Waals surface area (Å²) in [4.78, 5) is 6.36. The number of hydrogen-bond donors (Lipinski definition) is 0. The maximum atomic E-state index is 4.85. The molecule has 0 saturated carbocycles. The Labute approximate surface area is 120 Å². The summed E-state index contributed by atoms with van der Waals surface area (Å²) in [5, 5.41) is 1.17. The molecule has 1 aromatic heterocycles. The van der Waals surface area contributed by atoms with E-state index in [0.29, 0.717) is 5.92 Å². The van der Waals surface area contributed by atoms with Crippen molar-refractivity contribution in [1.29, 1.82) is 0 Å². The van der Waals surface area contributed by atoms with Gasteiger partial charge in [-0.3, -0.25) is 0 Å². The van der Waals surface area contributed by atoms with Crippen LogP contribution in [0.4, 0.5) is 0 Å². The van der Waals surface area contributed by atoms with E-state index in [2.05, 4.69) is 54.0 Å². The third kappa shape index (κ3) is 2.26. The number of rotatable bonds is 1. The van der Waals surface area contributed by atoms with Crippen LogP contribution in [0.25, 0.3) is 10.6 Å². The average molecular weight is 322 g/mol. The van der Waals surface area contributed by atoms with Crippen LogP contribution in [-0.4, -0.2) is 4.98 Å². The van der Waals surface area contributed by atoms with E-state index in [4.69, 9.17) is 4.98 Å². The highest BCUT2D eigenvalue weighted by molar-refractivity contribution is 9.10. The third-order valence-electron chi connectivity index (χ3n) is 3.56. The topological polar surface area (TPSA) is 12.9 Å². The van der Waals surface area contributed by atoms with Crippen molar-refractivity contribution in [2.24, 2.45) is 5.92 Å². The molecule has 1 aliphatic carbocycles. The molecule has 2 atom stereocenters. The van der Waals surface area contributed by atoms with Gasteiger partial charge in [0.25, 0.3) is 0 Å². The molecular formula is C15H16BrNS. The minimum atomic E-state index is 0.672. The Morgan fingerprint density at radius 2 is 1.94 bits per heavy atom. The summed E-state index contributed by atoms with van der Waals surface area (Å²) in [7, 11) is 0. The molecule has 0 amide bonds. The molecule has 0 bridgehead atoms. The number of thiazole rings is 1. The Kier molecular flexibility index (Phi) is 3.29. The highest BCUT2D eigenvalue weighted by atomic mass is 79.9. The van der Waals surface area contributed by atoms with Gasteiger partial charge in [0.2, 0.25) is 0 Å². The number of halogens is 1. The van der Waals surface area contributed by atoms with Gasteiger partial charge in [-0.05, 0) is 36.8 Å². The van der Waals surface area contributed by atoms with Crippen LogP contribution in [0.1, 0.15) is 36.8 Å². The lowest BCUT2D eigenvalue weighted by Gasteiger charge is -2.22. The van der Waals surface area contributed by atoms with Crippen molar-refractivity contribution in [1.82, 2.24) is 4.98 Å². The molecule has 1 aliphatic rings. The Morgan fingerprint density at radius 3 is 2.67 bits per heavy atom. The highest BCUT2D eigenvalue weighted by Crippen LogP contribution is 2.40. The van der Waals surface area contributed by atoms with Gasteiger partial charge in [0.05, 0.1) is 5.69 Å². The van der Waals surface area contributed by atoms with Gasteiger partial charge in [0.15, 0.2) is 0 Å². The van der Waals surface area contributed by atoms with Gasteiger partial charge in [-0.1, -0.05) is 41.9 Å². The van der Waals surface area contributed by atoms with Crippen molar-refractivity contribution in [3.63, 3.8) is 0 Å². The summed E-state index contributed by atoms with van der Waals surface area (Å²) in [6.45, 7) is 4.66. The average Bonchev–Trinajstić information content (AvgIpc) is 2.74. The minimum Gasteiger partial charge on any atom is -0.241 e. The first-order valence-corrected chi connectivity index (χ1v) is 8.00. The Morgan fingerprint density at radius 1 is 1.22 bits per heavy atom. The molecule has 0 aliphatic heterocycles. The molecular weight excluding hydrogens is 306 g/mol. The van der Waals surface area contributed by atoms with Crippen LogP contribution in [-0.2, 0) is 6.42 Å². The molecule has 1 aromatic carbocycles. The second kappa shape index (κ2) is 4.78. The van der Waals surface area contributed by atoms with Gasteiger partial charge in [-0.2, -0.15) is 0 Å². The maximum Gasteiger partial charge on any atom is 0.123 e. The zero-order chi connectivity index (χ0) is 12.7. The van der Waals surface area contributed by atoms with Crippen molar-refractivity contribution < 1.29 is 0 Å². The molecule has 0 saturated heterocycles. The number of nitrogens with zero attached hydrogens (tertiary/aromatic N) is 1. The van der Waals surface area contributed by atoms with Gasteiger partial charge < -0.3 is 0 Å². The van der Waals surface area contributed by atoms with Crippen LogP contribution < -0.4 is 0 Å². The van der Waals surface area contributed by atoms with Gasteiger partial charge in [-0.15, -0.1) is 11.3 Å². The summed E-state index contributed by atoms with van der Waals surface area (Å²) in [5.41, 5.74) is 2.57. The lowest BCUT2D eigenvalue weighted by atomic mass is 9.86. The molecule has 1 heterocycles. The molecule has 94 valence electrons. The van der Waals surface area contributed by atoms with Crippen molar-refractivity contribution in [3.8, 4) is 10.6 Å². The monoisotopic (exact) mass is 321 g/mol. The highest BCUT2D eigenvalue weighted by Gasteiger charge is 2.25. The number of fused-ring (bicyclic) bond motifs is 1. The fourth-order valence-corrected chi connectivity index (χ4v) is 4.16. The molecule has 18 heavy (non-hydrogen) atoms. The smallest absolute Gasteiger partial charge is 0.123 e. The van der Waals surface area contributed by atoms with E-state index in [9.17, 15) is 0 Å². The predicted octanol–water partition coefficient (Wildman–Crippen LogP) is 5.26. The van der Waals surface area contributed by atoms with Crippen LogP contribution in [0.3, 0.4) is 0 Å². The summed E-state index contributed by atoms with van der Waals surface area (Å²) in [6, 6.07) is 8.45. The zero-order valence-corrected chi connectivity index (χ0v) is 13.0. The maximum absolute atomic E-state index is 4.85. The van der Waals surface area contributed by atoms with Crippen LogP contribution in [0.15, 0.2) is 28.7 Å². The molecule has 0 fully saturated rings. The lowest BCUT2D eigenvalue weighted by molar-refractivity contribution is 0.450. The van der Waals surface area contributed by atoms with E-state index in [-0.39, 0.29) is 0 Å². The Balaban J connectivity index is 2.00. The van der Waals surface area contributed by atoms with E-state index < -0.39 is 0 Å². The number of aromatic nitrogens is 1. The first-order valence-electron chi connectivity index (χ1n) is 6.39. The molecule has 3 rings (SSSR count). The molecule has 0 N–H and O–H groups in total. The van der Waals surface area contributed by atoms with Crippen molar-refractivity contribution in [3.05, 3.63) is 39.3 Å². The molecule has 0 spiro atoms. The van der Waals surface area contributed by atoms with Crippen LogP contribution in [0.2, 0.25) is 0 Å². The van der Waals surface area contributed by atoms with Crippen LogP contribution >= 0.6 is 27.3 Å². The zero-order valence-electron chi connectivity index (χ0n) is 10.6. The third-order valence-corrected chi connectivity index (χ3v) is 5.47. The van der Waals surface area contributed by atoms with Gasteiger partial charge >= 0.3 is 0 Å². The first kappa shape index (κ1) is 12.4. The molecule has 2 aromatic rings. The van der Waals surface area contributed by atoms with Crippen LogP contribution in [0, 0.1) is 5.92 Å². The fraction of sp³-hybridized carbons (Fsp3) is 0.400. The summed E-state index contributed by atoms with van der Waals surface area (Å²) in [5.74, 6) is 1.44. The van der Waals surface area contributed by atoms with E-state index in [1.165, 1.54) is 27.6 Å². The summed E-state index contributed by atoms with van der Waals surface area (Å²) >= 11 is 5.35. The van der Waals surface area contributed by atoms with E-state index in [1.807, 2.05) is 11.3 Å². The standard InChI is InChI=1S/C15H16BrNS/c1-9-7-10(2)14-13(8-9)17-15(18-14)11-3-5-12(16)6-4-11/h3-6,9-10H,7-8H2,1-2H3. The molecule has 3 heteroatoms. The van der Waals surface area contributed by atoms with Gasteiger partial charge in [0, 0.05) is 14.9 Å². The Bertz CT molecular complexity index is 558. The largest absolute Gasteiger partial charge is 0.241 e. The van der Waals surface area contributed by atoms with Crippen LogP contribution in [0.5, 0.6) is 0 Å². The van der Waals surface area contributed by atoms with E-state index in [0.717, 1.165) is 16.8 Å². The van der Waals surface area contributed by atoms with Gasteiger partial charge in [-0.25, -0.2) is 4.98 Å². The predicted molar refractivity (Wildman–Crippen MR) is 81.2 cm³/mol. The fourth-order valence-electron chi connectivity index (χ4n) is 2.73. The molecule has 0 radical (unpaired) electrons. The number of benzene rings is 1. The van der Waals surface area contributed by atoms with Crippen molar-refractivity contribution in [2.75, 3.05) is 0 Å². The summed E-state index contributed by atoms with van der Waals surface area (Å²) in [6.07, 6.45) is 2.45. The quantitative estimate of drug-likeness (QED) is 0.698. The molecule has 1 nitrogen and oxygen atoms in total. The van der Waals surface area contributed by atoms with Crippen molar-refractivity contribution in [2.45, 2.75) is 32.6 Å². The van der Waals surface area contributed by atoms with Gasteiger partial charge in [0.1, 0.15) is 5.01 Å². The van der Waals surface area contributed by atoms with Crippen molar-refractivity contribution >= 4 is 27.3 Å². The number of hydrogen-bond acceptors (Lipinski definition) is 2. The summed E-state index contributed by atoms with van der Waals surface area (Å²) < 4.78 is 1.12. The Hall–Kier alpha value is -0.670. The normalized spacial score (nSPS) is 22.8. The minimum absolute atomic E-state index is 0.672.